The van der Waals surface area contributed by atoms with E-state index in [0.29, 0.717) is 6.61 Å². The molecule has 4 nitrogen and oxygen atoms in total. The minimum atomic E-state index is -0.334. The van der Waals surface area contributed by atoms with Crippen LogP contribution in [0.4, 0.5) is 0 Å². The average molecular weight is 362 g/mol. The number of fused-ring (bicyclic) bond motifs is 4. The quantitative estimate of drug-likeness (QED) is 0.744. The Kier molecular flexibility index (Phi) is 4.07. The van der Waals surface area contributed by atoms with Crippen LogP contribution in [0, 0.1) is 0 Å². The zero-order valence-corrected chi connectivity index (χ0v) is 15.9. The largest absolute Gasteiger partial charge is 0.490 e. The lowest BCUT2D eigenvalue weighted by molar-refractivity contribution is -0.141. The van der Waals surface area contributed by atoms with E-state index in [1.165, 1.54) is 30.4 Å². The molecule has 2 aromatic carbocycles. The average Bonchev–Trinajstić information content (AvgIpc) is 3.17. The standard InChI is InChI=1S/C23H26N2O2/c1-2-26-21-13-9-12-18-20-16-19(17-10-5-3-6-11-17)24-25(20)23(27-22(18)21)14-7-4-8-15-23/h3,5-6,9-13,20H,2,4,7-8,14-16H2,1H3. The molecule has 1 fully saturated rings. The number of rotatable bonds is 3. The maximum absolute atomic E-state index is 6.74. The van der Waals surface area contributed by atoms with Crippen LogP contribution in [0.5, 0.6) is 11.5 Å². The van der Waals surface area contributed by atoms with Crippen LogP contribution in [-0.2, 0) is 0 Å². The Labute approximate surface area is 160 Å². The van der Waals surface area contributed by atoms with E-state index < -0.39 is 0 Å². The van der Waals surface area contributed by atoms with Gasteiger partial charge in [0.15, 0.2) is 17.2 Å². The van der Waals surface area contributed by atoms with Crippen molar-refractivity contribution in [1.29, 1.82) is 0 Å². The van der Waals surface area contributed by atoms with Crippen LogP contribution < -0.4 is 9.47 Å². The van der Waals surface area contributed by atoms with E-state index in [1.54, 1.807) is 0 Å². The van der Waals surface area contributed by atoms with Crippen molar-refractivity contribution in [2.45, 2.75) is 57.2 Å². The Bertz CT molecular complexity index is 856. The Morgan fingerprint density at radius 1 is 1.07 bits per heavy atom. The molecule has 2 aliphatic heterocycles. The third-order valence-corrected chi connectivity index (χ3v) is 6.03. The van der Waals surface area contributed by atoms with Gasteiger partial charge in [0, 0.05) is 24.8 Å². The van der Waals surface area contributed by atoms with Gasteiger partial charge in [0.1, 0.15) is 0 Å². The Balaban J connectivity index is 1.61. The fraction of sp³-hybridized carbons (Fsp3) is 0.435. The van der Waals surface area contributed by atoms with Crippen LogP contribution in [0.2, 0.25) is 0 Å². The number of benzene rings is 2. The van der Waals surface area contributed by atoms with Crippen molar-refractivity contribution < 1.29 is 9.47 Å². The van der Waals surface area contributed by atoms with Gasteiger partial charge in [-0.25, -0.2) is 5.01 Å². The summed E-state index contributed by atoms with van der Waals surface area (Å²) in [6, 6.07) is 17.0. The fourth-order valence-electron chi connectivity index (χ4n) is 4.78. The molecular weight excluding hydrogens is 336 g/mol. The number of nitrogens with zero attached hydrogens (tertiary/aromatic N) is 2. The van der Waals surface area contributed by atoms with Crippen LogP contribution in [0.3, 0.4) is 0 Å². The molecule has 1 saturated carbocycles. The summed E-state index contributed by atoms with van der Waals surface area (Å²) in [6.45, 7) is 2.67. The molecule has 0 N–H and O–H groups in total. The summed E-state index contributed by atoms with van der Waals surface area (Å²) in [5.41, 5.74) is 3.23. The number of hydrogen-bond acceptors (Lipinski definition) is 4. The van der Waals surface area contributed by atoms with Gasteiger partial charge in [-0.05, 0) is 31.4 Å². The molecule has 1 unspecified atom stereocenters. The number of hydrogen-bond donors (Lipinski definition) is 0. The summed E-state index contributed by atoms with van der Waals surface area (Å²) in [6.07, 6.45) is 6.61. The zero-order chi connectivity index (χ0) is 18.3. The molecule has 3 aliphatic rings. The molecular formula is C23H26N2O2. The van der Waals surface area contributed by atoms with E-state index in [9.17, 15) is 0 Å². The summed E-state index contributed by atoms with van der Waals surface area (Å²) >= 11 is 0. The summed E-state index contributed by atoms with van der Waals surface area (Å²) in [4.78, 5) is 0. The predicted molar refractivity (Wildman–Crippen MR) is 106 cm³/mol. The normalized spacial score (nSPS) is 22.6. The van der Waals surface area contributed by atoms with Crippen LogP contribution in [-0.4, -0.2) is 23.1 Å². The van der Waals surface area contributed by atoms with E-state index >= 15 is 0 Å². The lowest BCUT2D eigenvalue weighted by Crippen LogP contribution is -2.54. The lowest BCUT2D eigenvalue weighted by Gasteiger charge is -2.49. The van der Waals surface area contributed by atoms with Gasteiger partial charge >= 0.3 is 0 Å². The Hall–Kier alpha value is -2.49. The molecule has 0 bridgehead atoms. The summed E-state index contributed by atoms with van der Waals surface area (Å²) in [7, 11) is 0. The predicted octanol–water partition coefficient (Wildman–Crippen LogP) is 5.29. The van der Waals surface area contributed by atoms with Gasteiger partial charge in [0.05, 0.1) is 18.4 Å². The highest BCUT2D eigenvalue weighted by Crippen LogP contribution is 2.53. The first-order valence-electron chi connectivity index (χ1n) is 10.2. The van der Waals surface area contributed by atoms with Crippen LogP contribution >= 0.6 is 0 Å². The fourth-order valence-corrected chi connectivity index (χ4v) is 4.78. The molecule has 0 amide bonds. The van der Waals surface area contributed by atoms with Crippen molar-refractivity contribution in [1.82, 2.24) is 5.01 Å². The lowest BCUT2D eigenvalue weighted by atomic mass is 9.86. The second-order valence-electron chi connectivity index (χ2n) is 7.69. The van der Waals surface area contributed by atoms with E-state index in [-0.39, 0.29) is 11.8 Å². The Morgan fingerprint density at radius 2 is 1.89 bits per heavy atom. The summed E-state index contributed by atoms with van der Waals surface area (Å²) < 4.78 is 12.7. The van der Waals surface area contributed by atoms with Crippen LogP contribution in [0.25, 0.3) is 0 Å². The highest BCUT2D eigenvalue weighted by Gasteiger charge is 2.51. The molecule has 2 heterocycles. The summed E-state index contributed by atoms with van der Waals surface area (Å²) in [5.74, 6) is 1.81. The third-order valence-electron chi connectivity index (χ3n) is 6.03. The van der Waals surface area contributed by atoms with E-state index in [4.69, 9.17) is 14.6 Å². The molecule has 4 heteroatoms. The van der Waals surface area contributed by atoms with Crippen molar-refractivity contribution in [3.8, 4) is 11.5 Å². The topological polar surface area (TPSA) is 34.1 Å². The Morgan fingerprint density at radius 3 is 2.67 bits per heavy atom. The second kappa shape index (κ2) is 6.59. The molecule has 1 spiro atoms. The maximum Gasteiger partial charge on any atom is 0.198 e. The molecule has 2 aromatic rings. The molecule has 1 aliphatic carbocycles. The first-order valence-corrected chi connectivity index (χ1v) is 10.2. The van der Waals surface area contributed by atoms with E-state index in [1.807, 2.05) is 13.0 Å². The highest BCUT2D eigenvalue weighted by atomic mass is 16.6. The van der Waals surface area contributed by atoms with Crippen molar-refractivity contribution in [3.63, 3.8) is 0 Å². The van der Waals surface area contributed by atoms with Gasteiger partial charge in [-0.15, -0.1) is 0 Å². The van der Waals surface area contributed by atoms with Gasteiger partial charge in [0.2, 0.25) is 0 Å². The molecule has 27 heavy (non-hydrogen) atoms. The van der Waals surface area contributed by atoms with E-state index in [2.05, 4.69) is 47.5 Å². The van der Waals surface area contributed by atoms with Gasteiger partial charge < -0.3 is 9.47 Å². The number of hydrazone groups is 1. The molecule has 0 saturated heterocycles. The van der Waals surface area contributed by atoms with Crippen molar-refractivity contribution in [3.05, 3.63) is 59.7 Å². The maximum atomic E-state index is 6.74. The van der Waals surface area contributed by atoms with Crippen molar-refractivity contribution >= 4 is 5.71 Å². The van der Waals surface area contributed by atoms with Gasteiger partial charge in [-0.2, -0.15) is 5.10 Å². The molecule has 140 valence electrons. The highest BCUT2D eigenvalue weighted by molar-refractivity contribution is 6.02. The van der Waals surface area contributed by atoms with Crippen molar-refractivity contribution in [2.75, 3.05) is 6.61 Å². The van der Waals surface area contributed by atoms with Crippen LogP contribution in [0.1, 0.15) is 62.6 Å². The number of para-hydroxylation sites is 1. The molecule has 0 radical (unpaired) electrons. The molecule has 1 atom stereocenters. The molecule has 0 aromatic heterocycles. The second-order valence-corrected chi connectivity index (χ2v) is 7.69. The smallest absolute Gasteiger partial charge is 0.198 e. The monoisotopic (exact) mass is 362 g/mol. The summed E-state index contributed by atoms with van der Waals surface area (Å²) in [5, 5.41) is 7.40. The number of ether oxygens (including phenoxy) is 2. The minimum Gasteiger partial charge on any atom is -0.490 e. The van der Waals surface area contributed by atoms with Gasteiger partial charge in [-0.1, -0.05) is 48.9 Å². The third kappa shape index (κ3) is 2.70. The first kappa shape index (κ1) is 16.7. The van der Waals surface area contributed by atoms with E-state index in [0.717, 1.165) is 36.5 Å². The minimum absolute atomic E-state index is 0.225. The van der Waals surface area contributed by atoms with Crippen molar-refractivity contribution in [2.24, 2.45) is 5.10 Å². The first-order chi connectivity index (χ1) is 13.3. The van der Waals surface area contributed by atoms with Gasteiger partial charge in [0.25, 0.3) is 0 Å². The molecule has 5 rings (SSSR count). The van der Waals surface area contributed by atoms with Gasteiger partial charge in [-0.3, -0.25) is 0 Å². The zero-order valence-electron chi connectivity index (χ0n) is 15.9. The van der Waals surface area contributed by atoms with Crippen LogP contribution in [0.15, 0.2) is 53.6 Å². The SMILES string of the molecule is CCOc1cccc2c1OC1(CCCCC1)N1N=C(c3ccccc3)CC21.